The minimum atomic E-state index is -0.475. The van der Waals surface area contributed by atoms with E-state index < -0.39 is 5.25 Å². The Balaban J connectivity index is 1.37. The van der Waals surface area contributed by atoms with Gasteiger partial charge in [-0.25, -0.2) is 0 Å². The third-order valence-corrected chi connectivity index (χ3v) is 6.81. The molecule has 2 N–H and O–H groups in total. The van der Waals surface area contributed by atoms with E-state index >= 15 is 0 Å². The smallest absolute Gasteiger partial charge is 0.238 e. The molecule has 4 rings (SSSR count). The molecule has 0 spiro atoms. The second kappa shape index (κ2) is 9.16. The Morgan fingerprint density at radius 1 is 1.23 bits per heavy atom. The number of halogens is 1. The number of aryl methyl sites for hydroxylation is 1. The lowest BCUT2D eigenvalue weighted by molar-refractivity contribution is -0.124. The predicted octanol–water partition coefficient (Wildman–Crippen LogP) is 4.32. The maximum absolute atomic E-state index is 12.6. The third kappa shape index (κ3) is 4.94. The summed E-state index contributed by atoms with van der Waals surface area (Å²) in [6.45, 7) is 5.03. The van der Waals surface area contributed by atoms with Gasteiger partial charge in [-0.1, -0.05) is 41.9 Å². The van der Waals surface area contributed by atoms with Crippen molar-refractivity contribution in [3.63, 3.8) is 0 Å². The van der Waals surface area contributed by atoms with Gasteiger partial charge in [-0.2, -0.15) is 5.10 Å². The zero-order valence-electron chi connectivity index (χ0n) is 17.3. The van der Waals surface area contributed by atoms with Crippen LogP contribution in [0.25, 0.3) is 0 Å². The molecule has 1 atom stereocenters. The van der Waals surface area contributed by atoms with Crippen LogP contribution in [0.4, 0.5) is 5.69 Å². The largest absolute Gasteiger partial charge is 0.352 e. The van der Waals surface area contributed by atoms with Gasteiger partial charge in [-0.05, 0) is 37.6 Å². The van der Waals surface area contributed by atoms with Crippen molar-refractivity contribution in [1.29, 1.82) is 0 Å². The summed E-state index contributed by atoms with van der Waals surface area (Å²) >= 11 is 7.37. The Morgan fingerprint density at radius 2 is 2.00 bits per heavy atom. The molecule has 0 fully saturated rings. The molecule has 0 radical (unpaired) electrons. The molecule has 6 nitrogen and oxygen atoms in total. The maximum Gasteiger partial charge on any atom is 0.238 e. The minimum absolute atomic E-state index is 0.106. The average molecular weight is 455 g/mol. The van der Waals surface area contributed by atoms with E-state index in [0.29, 0.717) is 23.8 Å². The normalized spacial score (nSPS) is 15.3. The number of benzene rings is 2. The zero-order chi connectivity index (χ0) is 22.0. The van der Waals surface area contributed by atoms with Gasteiger partial charge in [-0.15, -0.1) is 11.8 Å². The lowest BCUT2D eigenvalue weighted by Crippen LogP contribution is -2.34. The fourth-order valence-corrected chi connectivity index (χ4v) is 4.85. The topological polar surface area (TPSA) is 76.0 Å². The highest BCUT2D eigenvalue weighted by Gasteiger charge is 2.29. The van der Waals surface area contributed by atoms with Gasteiger partial charge in [0.15, 0.2) is 0 Å². The van der Waals surface area contributed by atoms with Crippen molar-refractivity contribution < 1.29 is 9.59 Å². The van der Waals surface area contributed by atoms with Crippen LogP contribution in [0.5, 0.6) is 0 Å². The van der Waals surface area contributed by atoms with E-state index in [0.717, 1.165) is 21.8 Å². The number of amides is 2. The van der Waals surface area contributed by atoms with Crippen LogP contribution >= 0.6 is 23.4 Å². The first kappa shape index (κ1) is 21.5. The summed E-state index contributed by atoms with van der Waals surface area (Å²) in [5, 5.41) is 10.5. The molecule has 2 aromatic carbocycles. The van der Waals surface area contributed by atoms with E-state index in [1.54, 1.807) is 12.1 Å². The monoisotopic (exact) mass is 454 g/mol. The van der Waals surface area contributed by atoms with Crippen LogP contribution < -0.4 is 10.6 Å². The van der Waals surface area contributed by atoms with Crippen molar-refractivity contribution in [3.05, 3.63) is 76.1 Å². The molecule has 160 valence electrons. The number of hydrogen-bond donors (Lipinski definition) is 2. The summed E-state index contributed by atoms with van der Waals surface area (Å²) in [5.74, 6) is -0.349. The van der Waals surface area contributed by atoms with Gasteiger partial charge in [0.05, 0.1) is 23.2 Å². The quantitative estimate of drug-likeness (QED) is 0.581. The molecule has 2 amide bonds. The van der Waals surface area contributed by atoms with E-state index in [1.807, 2.05) is 42.8 Å². The Labute approximate surface area is 190 Å². The van der Waals surface area contributed by atoms with Gasteiger partial charge in [0, 0.05) is 34.1 Å². The summed E-state index contributed by atoms with van der Waals surface area (Å²) in [5.41, 5.74) is 4.79. The van der Waals surface area contributed by atoms with Crippen molar-refractivity contribution in [2.45, 2.75) is 43.5 Å². The van der Waals surface area contributed by atoms with Crippen LogP contribution in [0.15, 0.2) is 53.4 Å². The van der Waals surface area contributed by atoms with Gasteiger partial charge in [0.25, 0.3) is 0 Å². The number of nitrogens with one attached hydrogen (secondary N) is 2. The van der Waals surface area contributed by atoms with Crippen molar-refractivity contribution in [3.8, 4) is 0 Å². The summed E-state index contributed by atoms with van der Waals surface area (Å²) in [6.07, 6.45) is 0.106. The van der Waals surface area contributed by atoms with Crippen LogP contribution in [-0.2, 0) is 22.7 Å². The number of carbonyl (C=O) groups excluding carboxylic acids is 2. The maximum atomic E-state index is 12.6. The highest BCUT2D eigenvalue weighted by atomic mass is 35.5. The molecule has 1 aliphatic heterocycles. The van der Waals surface area contributed by atoms with Gasteiger partial charge in [-0.3, -0.25) is 14.3 Å². The zero-order valence-corrected chi connectivity index (χ0v) is 18.9. The Morgan fingerprint density at radius 3 is 2.77 bits per heavy atom. The molecule has 31 heavy (non-hydrogen) atoms. The fraction of sp³-hybridized carbons (Fsp3) is 0.261. The highest BCUT2D eigenvalue weighted by Crippen LogP contribution is 2.38. The molecule has 1 aromatic heterocycles. The van der Waals surface area contributed by atoms with Crippen molar-refractivity contribution in [1.82, 2.24) is 15.1 Å². The summed E-state index contributed by atoms with van der Waals surface area (Å²) in [4.78, 5) is 25.9. The van der Waals surface area contributed by atoms with E-state index in [2.05, 4.69) is 27.9 Å². The number of fused-ring (bicyclic) bond motifs is 1. The first-order chi connectivity index (χ1) is 14.9. The lowest BCUT2D eigenvalue weighted by atomic mass is 10.2. The predicted molar refractivity (Wildman–Crippen MR) is 123 cm³/mol. The highest BCUT2D eigenvalue weighted by molar-refractivity contribution is 8.01. The number of nitrogens with zero attached hydrogens (tertiary/aromatic N) is 2. The molecular formula is C23H23ClN4O2S. The van der Waals surface area contributed by atoms with Gasteiger partial charge in [0.1, 0.15) is 0 Å². The van der Waals surface area contributed by atoms with Gasteiger partial charge >= 0.3 is 0 Å². The van der Waals surface area contributed by atoms with Crippen LogP contribution in [0.1, 0.15) is 28.9 Å². The molecule has 0 saturated carbocycles. The number of rotatable bonds is 6. The van der Waals surface area contributed by atoms with Crippen LogP contribution in [0.3, 0.4) is 0 Å². The average Bonchev–Trinajstić information content (AvgIpc) is 3.00. The Bertz CT molecular complexity index is 1130. The number of thioether (sulfide) groups is 1. The third-order valence-electron chi connectivity index (χ3n) is 5.30. The summed E-state index contributed by atoms with van der Waals surface area (Å²) in [7, 11) is 0. The molecule has 0 bridgehead atoms. The van der Waals surface area contributed by atoms with Crippen molar-refractivity contribution in [2.75, 3.05) is 5.32 Å². The Hall–Kier alpha value is -2.77. The number of hydrogen-bond acceptors (Lipinski definition) is 4. The van der Waals surface area contributed by atoms with Gasteiger partial charge < -0.3 is 10.6 Å². The number of anilines is 1. The number of aromatic nitrogens is 2. The fourth-order valence-electron chi connectivity index (χ4n) is 3.58. The molecule has 0 saturated heterocycles. The van der Waals surface area contributed by atoms with E-state index in [9.17, 15) is 9.59 Å². The molecule has 0 aliphatic carbocycles. The standard InChI is InChI=1S/C23H23ClN4O2S/c1-14-18(15(2)28(27-14)13-16-6-4-3-5-7-16)12-25-22(29)11-21-23(30)26-19-10-17(24)8-9-20(19)31-21/h3-10,21H,11-13H2,1-2H3,(H,25,29)(H,26,30)/t21-/m1/s1. The molecule has 2 heterocycles. The first-order valence-electron chi connectivity index (χ1n) is 10.0. The van der Waals surface area contributed by atoms with Crippen LogP contribution in [0, 0.1) is 13.8 Å². The SMILES string of the molecule is Cc1nn(Cc2ccccc2)c(C)c1CNC(=O)C[C@H]1Sc2ccc(Cl)cc2NC1=O. The van der Waals surface area contributed by atoms with Crippen molar-refractivity contribution >= 4 is 40.9 Å². The minimum Gasteiger partial charge on any atom is -0.352 e. The first-order valence-corrected chi connectivity index (χ1v) is 11.3. The second-order valence-corrected chi connectivity index (χ2v) is 9.19. The van der Waals surface area contributed by atoms with Crippen LogP contribution in [0.2, 0.25) is 5.02 Å². The lowest BCUT2D eigenvalue weighted by Gasteiger charge is -2.23. The molecule has 8 heteroatoms. The second-order valence-electron chi connectivity index (χ2n) is 7.51. The summed E-state index contributed by atoms with van der Waals surface area (Å²) < 4.78 is 1.96. The summed E-state index contributed by atoms with van der Waals surface area (Å²) in [6, 6.07) is 15.5. The van der Waals surface area contributed by atoms with Crippen LogP contribution in [-0.4, -0.2) is 26.8 Å². The molecule has 1 aliphatic rings. The molecular weight excluding hydrogens is 432 g/mol. The Kier molecular flexibility index (Phi) is 6.34. The molecule has 0 unspecified atom stereocenters. The van der Waals surface area contributed by atoms with E-state index in [-0.39, 0.29) is 18.2 Å². The molecule has 3 aromatic rings. The number of carbonyl (C=O) groups is 2. The van der Waals surface area contributed by atoms with E-state index in [4.69, 9.17) is 11.6 Å². The van der Waals surface area contributed by atoms with Crippen molar-refractivity contribution in [2.24, 2.45) is 0 Å². The van der Waals surface area contributed by atoms with Gasteiger partial charge in [0.2, 0.25) is 11.8 Å². The van der Waals surface area contributed by atoms with E-state index in [1.165, 1.54) is 17.3 Å².